The quantitative estimate of drug-likeness (QED) is 0.651. The predicted molar refractivity (Wildman–Crippen MR) is 86.7 cm³/mol. The molecule has 0 aliphatic rings. The van der Waals surface area contributed by atoms with E-state index in [1.165, 1.54) is 12.1 Å². The van der Waals surface area contributed by atoms with E-state index in [0.717, 1.165) is 30.6 Å². The second-order valence-corrected chi connectivity index (χ2v) is 5.53. The van der Waals surface area contributed by atoms with Crippen molar-refractivity contribution in [1.82, 2.24) is 20.2 Å². The van der Waals surface area contributed by atoms with Crippen molar-refractivity contribution in [1.29, 1.82) is 0 Å². The number of imidazole rings is 1. The number of H-pyrrole nitrogens is 1. The number of unbranched alkanes of at least 4 members (excludes halogenated alkanes) is 2. The molecule has 0 aliphatic carbocycles. The maximum Gasteiger partial charge on any atom is 0.317 e. The number of hydrogen-bond acceptors (Lipinski definition) is 3. The van der Waals surface area contributed by atoms with Crippen molar-refractivity contribution in [2.45, 2.75) is 25.7 Å². The van der Waals surface area contributed by atoms with Crippen LogP contribution in [0.5, 0.6) is 0 Å². The molecule has 0 spiro atoms. The minimum absolute atomic E-state index is 0.129. The SMILES string of the molecule is CN(CCc1nc2ccc(F)cc2[nH]1)C(=O)NCCCCCO. The van der Waals surface area contributed by atoms with Gasteiger partial charge in [-0.05, 0) is 37.5 Å². The van der Waals surface area contributed by atoms with E-state index < -0.39 is 0 Å². The summed E-state index contributed by atoms with van der Waals surface area (Å²) in [6, 6.07) is 4.29. The van der Waals surface area contributed by atoms with Gasteiger partial charge in [0.1, 0.15) is 11.6 Å². The van der Waals surface area contributed by atoms with Gasteiger partial charge in [-0.2, -0.15) is 0 Å². The molecule has 0 bridgehead atoms. The van der Waals surface area contributed by atoms with E-state index in [1.54, 1.807) is 18.0 Å². The third-order valence-corrected chi connectivity index (χ3v) is 3.63. The van der Waals surface area contributed by atoms with Crippen LogP contribution in [0.2, 0.25) is 0 Å². The number of aliphatic hydroxyl groups is 1. The van der Waals surface area contributed by atoms with E-state index in [2.05, 4.69) is 15.3 Å². The van der Waals surface area contributed by atoms with Crippen LogP contribution in [-0.2, 0) is 6.42 Å². The Bertz CT molecular complexity index is 644. The molecule has 6 nitrogen and oxygen atoms in total. The summed E-state index contributed by atoms with van der Waals surface area (Å²) in [7, 11) is 1.73. The van der Waals surface area contributed by atoms with E-state index in [1.807, 2.05) is 0 Å². The smallest absolute Gasteiger partial charge is 0.317 e. The summed E-state index contributed by atoms with van der Waals surface area (Å²) in [5.41, 5.74) is 1.38. The minimum atomic E-state index is -0.301. The van der Waals surface area contributed by atoms with Crippen molar-refractivity contribution in [2.24, 2.45) is 0 Å². The lowest BCUT2D eigenvalue weighted by molar-refractivity contribution is 0.209. The third kappa shape index (κ3) is 5.21. The van der Waals surface area contributed by atoms with Crippen LogP contribution < -0.4 is 5.32 Å². The summed E-state index contributed by atoms with van der Waals surface area (Å²) in [6.07, 6.45) is 3.09. The van der Waals surface area contributed by atoms with Crippen LogP contribution in [0, 0.1) is 5.82 Å². The van der Waals surface area contributed by atoms with E-state index in [9.17, 15) is 9.18 Å². The number of likely N-dealkylation sites (N-methyl/N-ethyl adjacent to an activating group) is 1. The number of urea groups is 1. The summed E-state index contributed by atoms with van der Waals surface area (Å²) in [5.74, 6) is 0.429. The molecule has 0 aliphatic heterocycles. The van der Waals surface area contributed by atoms with Gasteiger partial charge >= 0.3 is 6.03 Å². The van der Waals surface area contributed by atoms with Crippen LogP contribution in [-0.4, -0.2) is 52.7 Å². The molecule has 2 rings (SSSR count). The van der Waals surface area contributed by atoms with Crippen molar-refractivity contribution < 1.29 is 14.3 Å². The van der Waals surface area contributed by atoms with Crippen LogP contribution in [0.1, 0.15) is 25.1 Å². The number of hydrogen-bond donors (Lipinski definition) is 3. The van der Waals surface area contributed by atoms with Gasteiger partial charge in [-0.25, -0.2) is 14.2 Å². The molecular weight excluding hydrogens is 299 g/mol. The largest absolute Gasteiger partial charge is 0.396 e. The fourth-order valence-corrected chi connectivity index (χ4v) is 2.27. The van der Waals surface area contributed by atoms with E-state index in [0.29, 0.717) is 25.0 Å². The number of rotatable bonds is 8. The number of aliphatic hydroxyl groups excluding tert-OH is 1. The highest BCUT2D eigenvalue weighted by Crippen LogP contribution is 2.13. The maximum atomic E-state index is 13.1. The molecule has 1 heterocycles. The van der Waals surface area contributed by atoms with Gasteiger partial charge in [0.25, 0.3) is 0 Å². The molecule has 0 radical (unpaired) electrons. The lowest BCUT2D eigenvalue weighted by atomic mass is 10.2. The molecule has 7 heteroatoms. The standard InChI is InChI=1S/C16H23FN4O2/c1-21(16(23)18-8-3-2-4-10-22)9-7-15-19-13-6-5-12(17)11-14(13)20-15/h5-6,11,22H,2-4,7-10H2,1H3,(H,18,23)(H,19,20). The van der Waals surface area contributed by atoms with Gasteiger partial charge in [-0.1, -0.05) is 0 Å². The van der Waals surface area contributed by atoms with Gasteiger partial charge in [0.05, 0.1) is 11.0 Å². The highest BCUT2D eigenvalue weighted by atomic mass is 19.1. The monoisotopic (exact) mass is 322 g/mol. The molecule has 1 aromatic carbocycles. The molecule has 126 valence electrons. The number of amides is 2. The van der Waals surface area contributed by atoms with Crippen LogP contribution in [0.3, 0.4) is 0 Å². The van der Waals surface area contributed by atoms with Crippen LogP contribution in [0.15, 0.2) is 18.2 Å². The number of carbonyl (C=O) groups excluding carboxylic acids is 1. The maximum absolute atomic E-state index is 13.1. The van der Waals surface area contributed by atoms with Crippen molar-refractivity contribution in [2.75, 3.05) is 26.7 Å². The fourth-order valence-electron chi connectivity index (χ4n) is 2.27. The number of carbonyl (C=O) groups is 1. The van der Waals surface area contributed by atoms with Crippen molar-refractivity contribution in [3.63, 3.8) is 0 Å². The zero-order valence-corrected chi connectivity index (χ0v) is 13.3. The van der Waals surface area contributed by atoms with Gasteiger partial charge in [0.15, 0.2) is 0 Å². The Kier molecular flexibility index (Phi) is 6.34. The number of benzene rings is 1. The number of aromatic nitrogens is 2. The third-order valence-electron chi connectivity index (χ3n) is 3.63. The Labute approximate surface area is 134 Å². The summed E-state index contributed by atoms with van der Waals surface area (Å²) >= 11 is 0. The van der Waals surface area contributed by atoms with Crippen LogP contribution >= 0.6 is 0 Å². The average Bonchev–Trinajstić information content (AvgIpc) is 2.94. The molecule has 23 heavy (non-hydrogen) atoms. The van der Waals surface area contributed by atoms with Crippen molar-refractivity contribution in [3.8, 4) is 0 Å². The number of nitrogens with one attached hydrogen (secondary N) is 2. The van der Waals surface area contributed by atoms with Crippen molar-refractivity contribution in [3.05, 3.63) is 29.8 Å². The zero-order chi connectivity index (χ0) is 16.7. The molecule has 0 unspecified atom stereocenters. The number of halogens is 1. The van der Waals surface area contributed by atoms with Crippen molar-refractivity contribution >= 4 is 17.1 Å². The summed E-state index contributed by atoms with van der Waals surface area (Å²) in [4.78, 5) is 20.9. The van der Waals surface area contributed by atoms with E-state index in [-0.39, 0.29) is 18.5 Å². The first-order valence-corrected chi connectivity index (χ1v) is 7.84. The molecule has 1 aromatic heterocycles. The Morgan fingerprint density at radius 3 is 3.00 bits per heavy atom. The topological polar surface area (TPSA) is 81.2 Å². The molecule has 3 N–H and O–H groups in total. The van der Waals surface area contributed by atoms with Gasteiger partial charge in [0.2, 0.25) is 0 Å². The first-order valence-electron chi connectivity index (χ1n) is 7.84. The predicted octanol–water partition coefficient (Wildman–Crippen LogP) is 2.05. The Morgan fingerprint density at radius 2 is 2.22 bits per heavy atom. The summed E-state index contributed by atoms with van der Waals surface area (Å²) in [5, 5.41) is 11.5. The molecule has 0 saturated carbocycles. The van der Waals surface area contributed by atoms with Gasteiger partial charge in [-0.3, -0.25) is 0 Å². The highest BCUT2D eigenvalue weighted by Gasteiger charge is 2.09. The highest BCUT2D eigenvalue weighted by molar-refractivity contribution is 5.75. The molecule has 0 fully saturated rings. The van der Waals surface area contributed by atoms with Gasteiger partial charge < -0.3 is 20.3 Å². The fraction of sp³-hybridized carbons (Fsp3) is 0.500. The summed E-state index contributed by atoms with van der Waals surface area (Å²) in [6.45, 7) is 1.31. The van der Waals surface area contributed by atoms with Crippen LogP contribution in [0.4, 0.5) is 9.18 Å². The number of aromatic amines is 1. The Balaban J connectivity index is 1.76. The molecule has 0 saturated heterocycles. The lowest BCUT2D eigenvalue weighted by Gasteiger charge is -2.17. The van der Waals surface area contributed by atoms with Gasteiger partial charge in [-0.15, -0.1) is 0 Å². The second-order valence-electron chi connectivity index (χ2n) is 5.53. The first-order chi connectivity index (χ1) is 11.1. The Hall–Kier alpha value is -2.15. The summed E-state index contributed by atoms with van der Waals surface area (Å²) < 4.78 is 13.1. The first kappa shape index (κ1) is 17.2. The van der Waals surface area contributed by atoms with E-state index >= 15 is 0 Å². The normalized spacial score (nSPS) is 10.9. The number of nitrogens with zero attached hydrogens (tertiary/aromatic N) is 2. The number of fused-ring (bicyclic) bond motifs is 1. The minimum Gasteiger partial charge on any atom is -0.396 e. The van der Waals surface area contributed by atoms with Crippen LogP contribution in [0.25, 0.3) is 11.0 Å². The molecule has 2 aromatic rings. The average molecular weight is 322 g/mol. The van der Waals surface area contributed by atoms with Gasteiger partial charge in [0, 0.05) is 33.2 Å². The van der Waals surface area contributed by atoms with E-state index in [4.69, 9.17) is 5.11 Å². The lowest BCUT2D eigenvalue weighted by Crippen LogP contribution is -2.38. The second kappa shape index (κ2) is 8.47. The Morgan fingerprint density at radius 1 is 1.39 bits per heavy atom. The zero-order valence-electron chi connectivity index (χ0n) is 13.3. The molecule has 2 amide bonds. The molecule has 0 atom stereocenters. The molecular formula is C16H23FN4O2.